The standard InChI is InChI=1S/C8H7BrN6O2/c1-14-8(11-12-13-14)10-6-4-2-3-5(9)7(6)15(16)17/h2-4H,1H3,(H,10,11,13). The number of nitro benzene ring substituents is 1. The summed E-state index contributed by atoms with van der Waals surface area (Å²) in [6.45, 7) is 0. The van der Waals surface area contributed by atoms with Gasteiger partial charge in [-0.1, -0.05) is 11.2 Å². The number of hydrogen-bond acceptors (Lipinski definition) is 6. The first-order chi connectivity index (χ1) is 8.09. The normalized spacial score (nSPS) is 10.2. The number of benzene rings is 1. The molecule has 0 amide bonds. The van der Waals surface area contributed by atoms with Gasteiger partial charge in [0, 0.05) is 7.05 Å². The van der Waals surface area contributed by atoms with E-state index in [0.717, 1.165) is 0 Å². The summed E-state index contributed by atoms with van der Waals surface area (Å²) in [6, 6.07) is 4.86. The van der Waals surface area contributed by atoms with E-state index in [-0.39, 0.29) is 5.69 Å². The zero-order valence-corrected chi connectivity index (χ0v) is 10.2. The Labute approximate surface area is 104 Å². The maximum atomic E-state index is 10.9. The average molecular weight is 299 g/mol. The van der Waals surface area contributed by atoms with E-state index in [1.165, 1.54) is 4.68 Å². The molecule has 0 radical (unpaired) electrons. The monoisotopic (exact) mass is 298 g/mol. The smallest absolute Gasteiger partial charge is 0.306 e. The topological polar surface area (TPSA) is 98.8 Å². The molecule has 2 rings (SSSR count). The Kier molecular flexibility index (Phi) is 3.00. The van der Waals surface area contributed by atoms with Crippen molar-refractivity contribution in [1.29, 1.82) is 0 Å². The summed E-state index contributed by atoms with van der Waals surface area (Å²) in [5.74, 6) is 0.325. The fourth-order valence-electron chi connectivity index (χ4n) is 1.26. The summed E-state index contributed by atoms with van der Waals surface area (Å²) in [7, 11) is 1.63. The number of aromatic nitrogens is 4. The van der Waals surface area contributed by atoms with Gasteiger partial charge in [0.2, 0.25) is 5.95 Å². The SMILES string of the molecule is Cn1nnnc1Nc1cccc(Br)c1[N+](=O)[O-]. The zero-order chi connectivity index (χ0) is 12.4. The van der Waals surface area contributed by atoms with Gasteiger partial charge in [-0.2, -0.15) is 0 Å². The molecule has 88 valence electrons. The molecule has 2 aromatic rings. The quantitative estimate of drug-likeness (QED) is 0.683. The van der Waals surface area contributed by atoms with Gasteiger partial charge >= 0.3 is 5.69 Å². The van der Waals surface area contributed by atoms with Crippen LogP contribution in [0.15, 0.2) is 22.7 Å². The first-order valence-corrected chi connectivity index (χ1v) is 5.31. The number of nitrogens with one attached hydrogen (secondary N) is 1. The van der Waals surface area contributed by atoms with Gasteiger partial charge in [0.05, 0.1) is 9.40 Å². The maximum Gasteiger partial charge on any atom is 0.306 e. The molecule has 17 heavy (non-hydrogen) atoms. The van der Waals surface area contributed by atoms with E-state index in [1.807, 2.05) is 0 Å². The molecule has 8 nitrogen and oxygen atoms in total. The summed E-state index contributed by atoms with van der Waals surface area (Å²) in [5, 5.41) is 24.5. The predicted molar refractivity (Wildman–Crippen MR) is 62.9 cm³/mol. The van der Waals surface area contributed by atoms with Crippen LogP contribution in [0, 0.1) is 10.1 Å². The van der Waals surface area contributed by atoms with Crippen molar-refractivity contribution in [2.45, 2.75) is 0 Å². The average Bonchev–Trinajstić information content (AvgIpc) is 2.64. The first-order valence-electron chi connectivity index (χ1n) is 4.52. The molecule has 0 fully saturated rings. The lowest BCUT2D eigenvalue weighted by Crippen LogP contribution is -2.03. The molecule has 0 unspecified atom stereocenters. The molecular weight excluding hydrogens is 292 g/mol. The van der Waals surface area contributed by atoms with E-state index >= 15 is 0 Å². The van der Waals surface area contributed by atoms with Crippen molar-refractivity contribution in [3.05, 3.63) is 32.8 Å². The number of nitro groups is 1. The molecule has 1 heterocycles. The number of para-hydroxylation sites is 1. The second-order valence-corrected chi connectivity index (χ2v) is 4.00. The predicted octanol–water partition coefficient (Wildman–Crippen LogP) is 1.62. The third kappa shape index (κ3) is 2.23. The molecular formula is C8H7BrN6O2. The van der Waals surface area contributed by atoms with Crippen molar-refractivity contribution < 1.29 is 4.92 Å². The number of rotatable bonds is 3. The highest BCUT2D eigenvalue weighted by atomic mass is 79.9. The highest BCUT2D eigenvalue weighted by molar-refractivity contribution is 9.10. The zero-order valence-electron chi connectivity index (χ0n) is 8.66. The van der Waals surface area contributed by atoms with Crippen molar-refractivity contribution >= 4 is 33.3 Å². The Morgan fingerprint density at radius 2 is 2.29 bits per heavy atom. The summed E-state index contributed by atoms with van der Waals surface area (Å²) in [6.07, 6.45) is 0. The molecule has 0 aliphatic carbocycles. The third-order valence-corrected chi connectivity index (χ3v) is 2.68. The van der Waals surface area contributed by atoms with Crippen LogP contribution in [0.3, 0.4) is 0 Å². The van der Waals surface area contributed by atoms with E-state index in [0.29, 0.717) is 16.1 Å². The van der Waals surface area contributed by atoms with Gasteiger partial charge in [0.15, 0.2) is 0 Å². The van der Waals surface area contributed by atoms with Gasteiger partial charge in [0.1, 0.15) is 5.69 Å². The summed E-state index contributed by atoms with van der Waals surface area (Å²) in [4.78, 5) is 10.5. The van der Waals surface area contributed by atoms with Crippen LogP contribution in [0.5, 0.6) is 0 Å². The molecule has 1 N–H and O–H groups in total. The Bertz CT molecular complexity index is 569. The third-order valence-electron chi connectivity index (χ3n) is 2.04. The highest BCUT2D eigenvalue weighted by Gasteiger charge is 2.19. The Morgan fingerprint density at radius 3 is 2.88 bits per heavy atom. The largest absolute Gasteiger partial charge is 0.317 e. The van der Waals surface area contributed by atoms with Gasteiger partial charge in [-0.3, -0.25) is 10.1 Å². The minimum Gasteiger partial charge on any atom is -0.317 e. The number of hydrogen-bond donors (Lipinski definition) is 1. The van der Waals surface area contributed by atoms with Crippen molar-refractivity contribution in [2.75, 3.05) is 5.32 Å². The summed E-state index contributed by atoms with van der Waals surface area (Å²) in [5.41, 5.74) is 0.262. The molecule has 1 aromatic carbocycles. The summed E-state index contributed by atoms with van der Waals surface area (Å²) < 4.78 is 1.77. The molecule has 0 saturated carbocycles. The van der Waals surface area contributed by atoms with Crippen molar-refractivity contribution in [3.8, 4) is 0 Å². The molecule has 0 bridgehead atoms. The van der Waals surface area contributed by atoms with E-state index in [4.69, 9.17) is 0 Å². The minimum absolute atomic E-state index is 0.0597. The van der Waals surface area contributed by atoms with Gasteiger partial charge in [-0.25, -0.2) is 4.68 Å². The van der Waals surface area contributed by atoms with Gasteiger partial charge < -0.3 is 5.32 Å². The second-order valence-electron chi connectivity index (χ2n) is 3.14. The van der Waals surface area contributed by atoms with E-state index in [2.05, 4.69) is 36.8 Å². The van der Waals surface area contributed by atoms with Crippen LogP contribution >= 0.6 is 15.9 Å². The van der Waals surface area contributed by atoms with Crippen LogP contribution in [0.4, 0.5) is 17.3 Å². The fraction of sp³-hybridized carbons (Fsp3) is 0.125. The van der Waals surface area contributed by atoms with Crippen LogP contribution in [-0.4, -0.2) is 25.1 Å². The van der Waals surface area contributed by atoms with Gasteiger partial charge in [-0.15, -0.1) is 0 Å². The van der Waals surface area contributed by atoms with Crippen molar-refractivity contribution in [2.24, 2.45) is 7.05 Å². The first kappa shape index (κ1) is 11.5. The van der Waals surface area contributed by atoms with E-state index in [9.17, 15) is 10.1 Å². The van der Waals surface area contributed by atoms with Crippen molar-refractivity contribution in [3.63, 3.8) is 0 Å². The number of aryl methyl sites for hydroxylation is 1. The number of tetrazole rings is 1. The Hall–Kier alpha value is -2.03. The number of anilines is 2. The van der Waals surface area contributed by atoms with E-state index < -0.39 is 4.92 Å². The summed E-state index contributed by atoms with van der Waals surface area (Å²) >= 11 is 3.13. The molecule has 1 aromatic heterocycles. The maximum absolute atomic E-state index is 10.9. The van der Waals surface area contributed by atoms with Crippen LogP contribution in [0.25, 0.3) is 0 Å². The van der Waals surface area contributed by atoms with Crippen LogP contribution < -0.4 is 5.32 Å². The van der Waals surface area contributed by atoms with Crippen LogP contribution in [0.2, 0.25) is 0 Å². The second kappa shape index (κ2) is 4.45. The molecule has 0 spiro atoms. The highest BCUT2D eigenvalue weighted by Crippen LogP contribution is 2.33. The number of nitrogens with zero attached hydrogens (tertiary/aromatic N) is 5. The lowest BCUT2D eigenvalue weighted by molar-refractivity contribution is -0.384. The molecule has 0 atom stereocenters. The molecule has 0 aliphatic heterocycles. The van der Waals surface area contributed by atoms with Crippen LogP contribution in [0.1, 0.15) is 0 Å². The van der Waals surface area contributed by atoms with Crippen molar-refractivity contribution in [1.82, 2.24) is 20.2 Å². The minimum atomic E-state index is -0.476. The number of halogens is 1. The van der Waals surface area contributed by atoms with Crippen LogP contribution in [-0.2, 0) is 7.05 Å². The Morgan fingerprint density at radius 1 is 1.53 bits per heavy atom. The Balaban J connectivity index is 2.43. The van der Waals surface area contributed by atoms with Gasteiger partial charge in [-0.05, 0) is 38.5 Å². The molecule has 0 aliphatic rings. The molecule has 9 heteroatoms. The lowest BCUT2D eigenvalue weighted by Gasteiger charge is -2.05. The van der Waals surface area contributed by atoms with E-state index in [1.54, 1.807) is 25.2 Å². The molecule has 0 saturated heterocycles. The fourth-order valence-corrected chi connectivity index (χ4v) is 1.77. The van der Waals surface area contributed by atoms with Gasteiger partial charge in [0.25, 0.3) is 0 Å². The lowest BCUT2D eigenvalue weighted by atomic mass is 10.3.